The van der Waals surface area contributed by atoms with Gasteiger partial charge in [0.1, 0.15) is 5.54 Å². The number of hydrogen-bond donors (Lipinski definition) is 0. The molecule has 1 heterocycles. The van der Waals surface area contributed by atoms with Gasteiger partial charge in [-0.25, -0.2) is 4.79 Å². The van der Waals surface area contributed by atoms with Crippen molar-refractivity contribution in [2.45, 2.75) is 31.2 Å². The molecule has 0 N–H and O–H groups in total. The Bertz CT molecular complexity index is 564. The highest BCUT2D eigenvalue weighted by molar-refractivity contribution is 7.98. The van der Waals surface area contributed by atoms with Crippen molar-refractivity contribution in [1.29, 1.82) is 0 Å². The Morgan fingerprint density at radius 1 is 1.26 bits per heavy atom. The van der Waals surface area contributed by atoms with Crippen molar-refractivity contribution in [3.8, 4) is 0 Å². The van der Waals surface area contributed by atoms with Crippen LogP contribution in [0.15, 0.2) is 34.3 Å². The third kappa shape index (κ3) is 4.56. The summed E-state index contributed by atoms with van der Waals surface area (Å²) in [6.45, 7) is 8.28. The maximum atomic E-state index is 12.4. The lowest BCUT2D eigenvalue weighted by Gasteiger charge is -2.37. The van der Waals surface area contributed by atoms with E-state index in [9.17, 15) is 4.79 Å². The summed E-state index contributed by atoms with van der Waals surface area (Å²) in [4.78, 5) is 20.8. The van der Waals surface area contributed by atoms with Gasteiger partial charge in [0.25, 0.3) is 0 Å². The van der Waals surface area contributed by atoms with Gasteiger partial charge in [-0.1, -0.05) is 17.3 Å². The average molecular weight is 336 g/mol. The number of thioether (sulfide) groups is 1. The Kier molecular flexibility index (Phi) is 6.21. The van der Waals surface area contributed by atoms with E-state index in [0.717, 1.165) is 18.7 Å². The van der Waals surface area contributed by atoms with Crippen molar-refractivity contribution in [2.75, 3.05) is 32.6 Å². The van der Waals surface area contributed by atoms with E-state index in [1.165, 1.54) is 4.90 Å². The second-order valence-corrected chi connectivity index (χ2v) is 6.82. The molecule has 1 saturated heterocycles. The molecule has 1 aromatic carbocycles. The van der Waals surface area contributed by atoms with Crippen molar-refractivity contribution >= 4 is 23.4 Å². The summed E-state index contributed by atoms with van der Waals surface area (Å²) in [7, 11) is 0. The largest absolute Gasteiger partial charge is 0.379 e. The van der Waals surface area contributed by atoms with Crippen LogP contribution in [-0.4, -0.2) is 54.7 Å². The lowest BCUT2D eigenvalue weighted by atomic mass is 10.0. The van der Waals surface area contributed by atoms with Crippen LogP contribution in [-0.2, 0) is 14.4 Å². The molecule has 0 aliphatic carbocycles. The van der Waals surface area contributed by atoms with Gasteiger partial charge in [0, 0.05) is 18.0 Å². The summed E-state index contributed by atoms with van der Waals surface area (Å²) in [6.07, 6.45) is 2.03. The Balaban J connectivity index is 2.00. The maximum Gasteiger partial charge on any atom is 0.354 e. The molecule has 23 heavy (non-hydrogen) atoms. The number of oxime groups is 1. The molecule has 0 atom stereocenters. The van der Waals surface area contributed by atoms with Crippen LogP contribution in [0.2, 0.25) is 0 Å². The van der Waals surface area contributed by atoms with Gasteiger partial charge in [0.15, 0.2) is 0 Å². The van der Waals surface area contributed by atoms with E-state index in [4.69, 9.17) is 9.57 Å². The highest BCUT2D eigenvalue weighted by Crippen LogP contribution is 2.19. The third-order valence-electron chi connectivity index (χ3n) is 4.07. The molecule has 1 aromatic rings. The van der Waals surface area contributed by atoms with Crippen molar-refractivity contribution in [2.24, 2.45) is 5.16 Å². The van der Waals surface area contributed by atoms with E-state index in [1.54, 1.807) is 11.8 Å². The van der Waals surface area contributed by atoms with E-state index in [-0.39, 0.29) is 5.97 Å². The van der Waals surface area contributed by atoms with E-state index in [2.05, 4.69) is 10.1 Å². The standard InChI is InChI=1S/C17H24N2O3S/c1-13(14-5-7-15(23-4)8-6-14)18-22-16(20)17(2,3)19-9-11-21-12-10-19/h5-8H,9-12H2,1-4H3/b18-13+. The second kappa shape index (κ2) is 7.95. The van der Waals surface area contributed by atoms with E-state index in [1.807, 2.05) is 51.3 Å². The highest BCUT2D eigenvalue weighted by Gasteiger charge is 2.37. The molecule has 0 aromatic heterocycles. The molecule has 1 fully saturated rings. The summed E-state index contributed by atoms with van der Waals surface area (Å²) in [6, 6.07) is 8.01. The minimum absolute atomic E-state index is 0.348. The molecule has 0 radical (unpaired) electrons. The molecule has 1 aliphatic rings. The minimum atomic E-state index is -0.712. The smallest absolute Gasteiger partial charge is 0.354 e. The molecule has 0 bridgehead atoms. The van der Waals surface area contributed by atoms with Crippen molar-refractivity contribution in [1.82, 2.24) is 4.90 Å². The predicted octanol–water partition coefficient (Wildman–Crippen LogP) is 2.79. The van der Waals surface area contributed by atoms with Crippen LogP contribution in [0.5, 0.6) is 0 Å². The highest BCUT2D eigenvalue weighted by atomic mass is 32.2. The minimum Gasteiger partial charge on any atom is -0.379 e. The van der Waals surface area contributed by atoms with Gasteiger partial charge < -0.3 is 9.57 Å². The summed E-state index contributed by atoms with van der Waals surface area (Å²) in [5.74, 6) is -0.348. The van der Waals surface area contributed by atoms with Gasteiger partial charge in [-0.15, -0.1) is 11.8 Å². The quantitative estimate of drug-likeness (QED) is 0.358. The Morgan fingerprint density at radius 2 is 1.87 bits per heavy atom. The molecule has 2 rings (SSSR count). The molecule has 126 valence electrons. The zero-order chi connectivity index (χ0) is 16.9. The molecular weight excluding hydrogens is 312 g/mol. The molecule has 0 unspecified atom stereocenters. The first kappa shape index (κ1) is 18.0. The molecule has 0 saturated carbocycles. The van der Waals surface area contributed by atoms with E-state index < -0.39 is 5.54 Å². The Labute approximate surface area is 142 Å². The number of rotatable bonds is 5. The summed E-state index contributed by atoms with van der Waals surface area (Å²) in [5, 5.41) is 4.01. The maximum absolute atomic E-state index is 12.4. The van der Waals surface area contributed by atoms with Crippen LogP contribution in [0.1, 0.15) is 26.3 Å². The van der Waals surface area contributed by atoms with Gasteiger partial charge in [-0.05, 0) is 44.7 Å². The first-order valence-corrected chi connectivity index (χ1v) is 8.91. The van der Waals surface area contributed by atoms with Crippen LogP contribution in [0, 0.1) is 0 Å². The van der Waals surface area contributed by atoms with Crippen LogP contribution in [0.4, 0.5) is 0 Å². The number of ether oxygens (including phenoxy) is 1. The fourth-order valence-corrected chi connectivity index (χ4v) is 2.77. The van der Waals surface area contributed by atoms with Crippen LogP contribution in [0.25, 0.3) is 0 Å². The SMILES string of the molecule is CSc1ccc(/C(C)=N/OC(=O)C(C)(C)N2CCOCC2)cc1. The fraction of sp³-hybridized carbons (Fsp3) is 0.529. The first-order valence-electron chi connectivity index (χ1n) is 7.68. The lowest BCUT2D eigenvalue weighted by molar-refractivity contribution is -0.159. The van der Waals surface area contributed by atoms with Crippen LogP contribution < -0.4 is 0 Å². The first-order chi connectivity index (χ1) is 10.9. The zero-order valence-electron chi connectivity index (χ0n) is 14.2. The van der Waals surface area contributed by atoms with E-state index in [0.29, 0.717) is 18.9 Å². The van der Waals surface area contributed by atoms with Gasteiger partial charge in [-0.2, -0.15) is 0 Å². The number of hydrogen-bond acceptors (Lipinski definition) is 6. The van der Waals surface area contributed by atoms with Gasteiger partial charge in [0.2, 0.25) is 0 Å². The third-order valence-corrected chi connectivity index (χ3v) is 4.82. The van der Waals surface area contributed by atoms with Gasteiger partial charge in [0.05, 0.1) is 18.9 Å². The fourth-order valence-electron chi connectivity index (χ4n) is 2.36. The topological polar surface area (TPSA) is 51.1 Å². The number of benzene rings is 1. The van der Waals surface area contributed by atoms with Crippen molar-refractivity contribution < 1.29 is 14.4 Å². The second-order valence-electron chi connectivity index (χ2n) is 5.94. The summed E-state index contributed by atoms with van der Waals surface area (Å²) in [5.41, 5.74) is 0.916. The molecule has 6 heteroatoms. The van der Waals surface area contributed by atoms with Crippen molar-refractivity contribution in [3.63, 3.8) is 0 Å². The predicted molar refractivity (Wildman–Crippen MR) is 93.0 cm³/mol. The molecule has 0 amide bonds. The number of morpholine rings is 1. The number of carbonyl (C=O) groups is 1. The van der Waals surface area contributed by atoms with Crippen LogP contribution in [0.3, 0.4) is 0 Å². The molecular formula is C17H24N2O3S. The van der Waals surface area contributed by atoms with Gasteiger partial charge in [-0.3, -0.25) is 4.90 Å². The van der Waals surface area contributed by atoms with Crippen LogP contribution >= 0.6 is 11.8 Å². The Morgan fingerprint density at radius 3 is 2.43 bits per heavy atom. The molecule has 5 nitrogen and oxygen atoms in total. The lowest BCUT2D eigenvalue weighted by Crippen LogP contribution is -2.54. The van der Waals surface area contributed by atoms with Gasteiger partial charge >= 0.3 is 5.97 Å². The number of carbonyl (C=O) groups excluding carboxylic acids is 1. The average Bonchev–Trinajstić information content (AvgIpc) is 2.60. The van der Waals surface area contributed by atoms with E-state index >= 15 is 0 Å². The monoisotopic (exact) mass is 336 g/mol. The summed E-state index contributed by atoms with van der Waals surface area (Å²) >= 11 is 1.69. The normalized spacial score (nSPS) is 17.1. The zero-order valence-corrected chi connectivity index (χ0v) is 15.0. The molecule has 1 aliphatic heterocycles. The van der Waals surface area contributed by atoms with Crippen molar-refractivity contribution in [3.05, 3.63) is 29.8 Å². The molecule has 0 spiro atoms. The summed E-state index contributed by atoms with van der Waals surface area (Å²) < 4.78 is 5.33. The Hall–Kier alpha value is -1.37. The number of nitrogens with zero attached hydrogens (tertiary/aromatic N) is 2.